The minimum absolute atomic E-state index is 0.302. The molecule has 2 N–H and O–H groups in total. The van der Waals surface area contributed by atoms with Gasteiger partial charge in [0.1, 0.15) is 17.7 Å². The van der Waals surface area contributed by atoms with Crippen molar-refractivity contribution in [2.45, 2.75) is 19.4 Å². The van der Waals surface area contributed by atoms with Gasteiger partial charge in [-0.2, -0.15) is 5.26 Å². The third kappa shape index (κ3) is 2.08. The Morgan fingerprint density at radius 3 is 2.85 bits per heavy atom. The van der Waals surface area contributed by atoms with Crippen molar-refractivity contribution in [2.24, 2.45) is 0 Å². The van der Waals surface area contributed by atoms with Crippen molar-refractivity contribution in [1.29, 1.82) is 5.26 Å². The lowest BCUT2D eigenvalue weighted by Gasteiger charge is -2.34. The molecule has 1 aromatic carbocycles. The molecule has 0 saturated heterocycles. The smallest absolute Gasteiger partial charge is 0.143 e. The SMILES string of the molecule is CC1CN(c2ccc(C#N)c(N)n2)Cc2ccccc21. The molecule has 0 fully saturated rings. The van der Waals surface area contributed by atoms with Crippen LogP contribution in [0.4, 0.5) is 11.6 Å². The van der Waals surface area contributed by atoms with Crippen LogP contribution < -0.4 is 10.6 Å². The Morgan fingerprint density at radius 1 is 1.30 bits per heavy atom. The van der Waals surface area contributed by atoms with E-state index in [1.165, 1.54) is 11.1 Å². The molecule has 100 valence electrons. The lowest BCUT2D eigenvalue weighted by atomic mass is 9.91. The van der Waals surface area contributed by atoms with E-state index in [9.17, 15) is 0 Å². The Kier molecular flexibility index (Phi) is 3.03. The molecule has 0 amide bonds. The average molecular weight is 264 g/mol. The second-order valence-corrected chi connectivity index (χ2v) is 5.19. The molecule has 2 aromatic rings. The van der Waals surface area contributed by atoms with Crippen molar-refractivity contribution in [3.05, 3.63) is 53.1 Å². The van der Waals surface area contributed by atoms with Crippen LogP contribution in [0, 0.1) is 11.3 Å². The number of benzene rings is 1. The first-order valence-corrected chi connectivity index (χ1v) is 6.68. The normalized spacial score (nSPS) is 17.4. The molecular formula is C16H16N4. The van der Waals surface area contributed by atoms with E-state index in [4.69, 9.17) is 11.0 Å². The number of pyridine rings is 1. The molecule has 0 bridgehead atoms. The molecule has 20 heavy (non-hydrogen) atoms. The van der Waals surface area contributed by atoms with Crippen molar-refractivity contribution in [2.75, 3.05) is 17.2 Å². The maximum Gasteiger partial charge on any atom is 0.143 e. The summed E-state index contributed by atoms with van der Waals surface area (Å²) in [7, 11) is 0. The maximum atomic E-state index is 8.91. The second kappa shape index (κ2) is 4.86. The van der Waals surface area contributed by atoms with Crippen LogP contribution in [0.15, 0.2) is 36.4 Å². The van der Waals surface area contributed by atoms with Crippen LogP contribution in [0.1, 0.15) is 29.5 Å². The van der Waals surface area contributed by atoms with Gasteiger partial charge in [-0.05, 0) is 29.2 Å². The Hall–Kier alpha value is -2.54. The molecule has 0 spiro atoms. The van der Waals surface area contributed by atoms with Gasteiger partial charge in [0.25, 0.3) is 0 Å². The van der Waals surface area contributed by atoms with Gasteiger partial charge < -0.3 is 10.6 Å². The maximum absolute atomic E-state index is 8.91. The summed E-state index contributed by atoms with van der Waals surface area (Å²) < 4.78 is 0. The summed E-state index contributed by atoms with van der Waals surface area (Å²) in [4.78, 5) is 6.57. The zero-order valence-electron chi connectivity index (χ0n) is 11.4. The molecule has 0 radical (unpaired) electrons. The number of anilines is 2. The molecule has 1 aliphatic rings. The summed E-state index contributed by atoms with van der Waals surface area (Å²) in [5, 5.41) is 8.91. The Balaban J connectivity index is 1.94. The molecule has 4 nitrogen and oxygen atoms in total. The highest BCUT2D eigenvalue weighted by molar-refractivity contribution is 5.56. The Labute approximate surface area is 118 Å². The van der Waals surface area contributed by atoms with E-state index in [1.807, 2.05) is 12.1 Å². The first-order chi connectivity index (χ1) is 9.69. The molecule has 3 rings (SSSR count). The number of hydrogen-bond donors (Lipinski definition) is 1. The fourth-order valence-corrected chi connectivity index (χ4v) is 2.77. The summed E-state index contributed by atoms with van der Waals surface area (Å²) in [6.07, 6.45) is 0. The number of nitrogen functional groups attached to an aromatic ring is 1. The molecule has 1 aliphatic heterocycles. The number of hydrogen-bond acceptors (Lipinski definition) is 4. The highest BCUT2D eigenvalue weighted by Crippen LogP contribution is 2.30. The molecule has 4 heteroatoms. The van der Waals surface area contributed by atoms with E-state index in [0.29, 0.717) is 17.3 Å². The quantitative estimate of drug-likeness (QED) is 0.860. The van der Waals surface area contributed by atoms with Gasteiger partial charge in [0.2, 0.25) is 0 Å². The van der Waals surface area contributed by atoms with Crippen LogP contribution in [0.2, 0.25) is 0 Å². The fraction of sp³-hybridized carbons (Fsp3) is 0.250. The summed E-state index contributed by atoms with van der Waals surface area (Å²) in [6, 6.07) is 14.2. The highest BCUT2D eigenvalue weighted by Gasteiger charge is 2.22. The van der Waals surface area contributed by atoms with Gasteiger partial charge in [0.05, 0.1) is 5.56 Å². The second-order valence-electron chi connectivity index (χ2n) is 5.19. The Morgan fingerprint density at radius 2 is 2.10 bits per heavy atom. The minimum Gasteiger partial charge on any atom is -0.383 e. The summed E-state index contributed by atoms with van der Waals surface area (Å²) in [5.74, 6) is 1.60. The fourth-order valence-electron chi connectivity index (χ4n) is 2.77. The summed E-state index contributed by atoms with van der Waals surface area (Å²) in [6.45, 7) is 3.96. The molecule has 1 unspecified atom stereocenters. The van der Waals surface area contributed by atoms with Gasteiger partial charge in [-0.3, -0.25) is 0 Å². The van der Waals surface area contributed by atoms with Crippen LogP contribution >= 0.6 is 0 Å². The summed E-state index contributed by atoms with van der Waals surface area (Å²) in [5.41, 5.74) is 8.97. The van der Waals surface area contributed by atoms with Crippen molar-refractivity contribution < 1.29 is 0 Å². The van der Waals surface area contributed by atoms with E-state index in [0.717, 1.165) is 18.9 Å². The molecule has 0 aliphatic carbocycles. The zero-order chi connectivity index (χ0) is 14.1. The number of nitrogens with zero attached hydrogens (tertiary/aromatic N) is 3. The lowest BCUT2D eigenvalue weighted by molar-refractivity contribution is 0.634. The first kappa shape index (κ1) is 12.5. The van der Waals surface area contributed by atoms with E-state index >= 15 is 0 Å². The van der Waals surface area contributed by atoms with Crippen LogP contribution in [-0.2, 0) is 6.54 Å². The molecular weight excluding hydrogens is 248 g/mol. The monoisotopic (exact) mass is 264 g/mol. The van der Waals surface area contributed by atoms with E-state index in [2.05, 4.69) is 41.1 Å². The molecule has 1 atom stereocenters. The number of nitriles is 1. The van der Waals surface area contributed by atoms with Gasteiger partial charge in [-0.25, -0.2) is 4.98 Å². The number of fused-ring (bicyclic) bond motifs is 1. The Bertz CT molecular complexity index is 687. The molecule has 0 saturated carbocycles. The highest BCUT2D eigenvalue weighted by atomic mass is 15.2. The number of aromatic nitrogens is 1. The summed E-state index contributed by atoms with van der Waals surface area (Å²) >= 11 is 0. The van der Waals surface area contributed by atoms with E-state index in [-0.39, 0.29) is 0 Å². The number of nitrogens with two attached hydrogens (primary N) is 1. The predicted molar refractivity (Wildman–Crippen MR) is 79.3 cm³/mol. The predicted octanol–water partition coefficient (Wildman–Crippen LogP) is 2.66. The topological polar surface area (TPSA) is 65.9 Å². The third-order valence-corrected chi connectivity index (χ3v) is 3.80. The first-order valence-electron chi connectivity index (χ1n) is 6.68. The van der Waals surface area contributed by atoms with Crippen LogP contribution in [0.25, 0.3) is 0 Å². The van der Waals surface area contributed by atoms with Crippen molar-refractivity contribution in [3.8, 4) is 6.07 Å². The zero-order valence-corrected chi connectivity index (χ0v) is 11.4. The van der Waals surface area contributed by atoms with E-state index < -0.39 is 0 Å². The third-order valence-electron chi connectivity index (χ3n) is 3.80. The van der Waals surface area contributed by atoms with Crippen LogP contribution in [0.3, 0.4) is 0 Å². The molecule has 1 aromatic heterocycles. The van der Waals surface area contributed by atoms with Gasteiger partial charge in [0.15, 0.2) is 0 Å². The van der Waals surface area contributed by atoms with Crippen LogP contribution in [-0.4, -0.2) is 11.5 Å². The minimum atomic E-state index is 0.302. The van der Waals surface area contributed by atoms with Gasteiger partial charge in [0, 0.05) is 13.1 Å². The standard InChI is InChI=1S/C16H16N4/c1-11-9-20(10-13-4-2-3-5-14(11)13)15-7-6-12(8-17)16(18)19-15/h2-7,11H,9-10H2,1H3,(H2,18,19). The van der Waals surface area contributed by atoms with Gasteiger partial charge in [-0.1, -0.05) is 31.2 Å². The lowest BCUT2D eigenvalue weighted by Crippen LogP contribution is -2.33. The van der Waals surface area contributed by atoms with Crippen molar-refractivity contribution in [1.82, 2.24) is 4.98 Å². The number of rotatable bonds is 1. The van der Waals surface area contributed by atoms with E-state index in [1.54, 1.807) is 6.07 Å². The van der Waals surface area contributed by atoms with Gasteiger partial charge in [-0.15, -0.1) is 0 Å². The largest absolute Gasteiger partial charge is 0.383 e. The van der Waals surface area contributed by atoms with Crippen molar-refractivity contribution >= 4 is 11.6 Å². The van der Waals surface area contributed by atoms with Gasteiger partial charge >= 0.3 is 0 Å². The van der Waals surface area contributed by atoms with Crippen molar-refractivity contribution in [3.63, 3.8) is 0 Å². The van der Waals surface area contributed by atoms with Crippen LogP contribution in [0.5, 0.6) is 0 Å². The average Bonchev–Trinajstić information content (AvgIpc) is 2.47. The molecule has 2 heterocycles.